The van der Waals surface area contributed by atoms with Crippen molar-refractivity contribution >= 4 is 28.4 Å². The molecule has 0 aliphatic heterocycles. The van der Waals surface area contributed by atoms with Gasteiger partial charge >= 0.3 is 0 Å². The van der Waals surface area contributed by atoms with Crippen LogP contribution < -0.4 is 0 Å². The van der Waals surface area contributed by atoms with Gasteiger partial charge in [-0.2, -0.15) is 0 Å². The van der Waals surface area contributed by atoms with Crippen molar-refractivity contribution in [3.63, 3.8) is 0 Å². The quantitative estimate of drug-likeness (QED) is 0.554. The van der Waals surface area contributed by atoms with E-state index in [-0.39, 0.29) is 16.7 Å². The summed E-state index contributed by atoms with van der Waals surface area (Å²) in [6.45, 7) is 0. The first kappa shape index (κ1) is 5.95. The predicted octanol–water partition coefficient (Wildman–Crippen LogP) is 2.43. The minimum atomic E-state index is -0.338. The summed E-state index contributed by atoms with van der Waals surface area (Å²) in [7, 11) is 0. The molecule has 1 nitrogen and oxygen atoms in total. The topological polar surface area (TPSA) is 17.1 Å². The molecule has 0 amide bonds. The van der Waals surface area contributed by atoms with Crippen LogP contribution in [-0.4, -0.2) is 10.2 Å². The van der Waals surface area contributed by atoms with Gasteiger partial charge in [-0.3, -0.25) is 4.79 Å². The number of halogens is 1. The molecule has 0 aromatic carbocycles. The molecule has 2 rings (SSSR count). The van der Waals surface area contributed by atoms with Gasteiger partial charge in [0.2, 0.25) is 0 Å². The van der Waals surface area contributed by atoms with E-state index < -0.39 is 0 Å². The average Bonchev–Trinajstić information content (AvgIpc) is 2.41. The Morgan fingerprint density at radius 2 is 2.45 bits per heavy atom. The fraction of sp³-hybridized carbons (Fsp3) is 0.889. The average molecular weight is 266 g/mol. The molecule has 2 unspecified atom stereocenters. The molecule has 62 valence electrons. The number of carbonyl (C=O) groups is 1. The Bertz CT molecular complexity index is 232. The zero-order valence-corrected chi connectivity index (χ0v) is 8.45. The summed E-state index contributed by atoms with van der Waals surface area (Å²) in [5.74, 6) is 1.55. The molecule has 2 aliphatic rings. The predicted molar refractivity (Wildman–Crippen MR) is 52.8 cm³/mol. The molecule has 2 saturated carbocycles. The van der Waals surface area contributed by atoms with Crippen molar-refractivity contribution in [2.24, 2.45) is 17.8 Å². The lowest BCUT2D eigenvalue weighted by Crippen LogP contribution is -2.32. The van der Waals surface area contributed by atoms with E-state index in [0.29, 0.717) is 17.6 Å². The second-order valence-electron chi connectivity index (χ2n) is 3.59. The van der Waals surface area contributed by atoms with Gasteiger partial charge in [0, 0.05) is 15.1 Å². The largest absolute Gasteiger partial charge is 0.299 e. The zero-order valence-electron chi connectivity index (χ0n) is 8.29. The van der Waals surface area contributed by atoms with Crippen molar-refractivity contribution < 1.29 is 7.54 Å². The maximum atomic E-state index is 11.1. The minimum absolute atomic E-state index is 0.271. The molecule has 2 aliphatic carbocycles. The van der Waals surface area contributed by atoms with E-state index in [0.717, 1.165) is 19.3 Å². The molecule has 0 aromatic heterocycles. The van der Waals surface area contributed by atoms with E-state index >= 15 is 0 Å². The van der Waals surface area contributed by atoms with Crippen LogP contribution in [0.1, 0.15) is 28.4 Å². The lowest BCUT2D eigenvalue weighted by Gasteiger charge is -2.27. The summed E-state index contributed by atoms with van der Waals surface area (Å²) in [6.07, 6.45) is 2.36. The first-order chi connectivity index (χ1) is 6.09. The van der Waals surface area contributed by atoms with Gasteiger partial charge in [-0.15, -0.1) is 0 Å². The van der Waals surface area contributed by atoms with E-state index in [1.54, 1.807) is 0 Å². The van der Waals surface area contributed by atoms with E-state index in [1.807, 2.05) is 22.6 Å². The molecule has 11 heavy (non-hydrogen) atoms. The lowest BCUT2D eigenvalue weighted by atomic mass is 9.75. The van der Waals surface area contributed by atoms with Crippen LogP contribution in [0.15, 0.2) is 0 Å². The van der Waals surface area contributed by atoms with Gasteiger partial charge in [-0.05, 0) is 35.5 Å². The lowest BCUT2D eigenvalue weighted by molar-refractivity contribution is -0.132. The number of fused-ring (bicyclic) bond motifs is 1. The number of hydrogen-bond donors (Lipinski definition) is 0. The molecule has 0 heterocycles. The van der Waals surface area contributed by atoms with Gasteiger partial charge in [0.25, 0.3) is 0 Å². The molecule has 2 fully saturated rings. The summed E-state index contributed by atoms with van der Waals surface area (Å²) in [4.78, 5) is 11.1. The Morgan fingerprint density at radius 3 is 3.00 bits per heavy atom. The van der Waals surface area contributed by atoms with Gasteiger partial charge < -0.3 is 0 Å². The number of Topliss-reactive ketones (excluding diaryl/α,β-unsaturated/α-hetero) is 1. The fourth-order valence-electron chi connectivity index (χ4n) is 2.30. The van der Waals surface area contributed by atoms with Crippen LogP contribution >= 0.6 is 22.6 Å². The third-order valence-electron chi connectivity index (χ3n) is 2.95. The van der Waals surface area contributed by atoms with Crippen molar-refractivity contribution in [1.29, 1.82) is 0 Å². The first-order valence-electron chi connectivity index (χ1n) is 5.26. The number of hydrogen-bond acceptors (Lipinski definition) is 1. The molecule has 5 atom stereocenters. The van der Waals surface area contributed by atoms with Crippen LogP contribution in [-0.2, 0) is 4.79 Å². The molecule has 2 heteroatoms. The summed E-state index contributed by atoms with van der Waals surface area (Å²) in [6, 6.07) is 0. The summed E-state index contributed by atoms with van der Waals surface area (Å²) in [5, 5.41) is 0. The third kappa shape index (κ3) is 1.34. The maximum absolute atomic E-state index is 11.1. The van der Waals surface area contributed by atoms with Gasteiger partial charge in [0.05, 0.1) is 0 Å². The maximum Gasteiger partial charge on any atom is 0.136 e. The van der Waals surface area contributed by atoms with Gasteiger partial charge in [-0.1, -0.05) is 22.6 Å². The molecular weight excluding hydrogens is 251 g/mol. The Balaban J connectivity index is 1.94. The third-order valence-corrected chi connectivity index (χ3v) is 3.37. The zero-order chi connectivity index (χ0) is 9.59. The Morgan fingerprint density at radius 1 is 1.64 bits per heavy atom. The second kappa shape index (κ2) is 3.04. The van der Waals surface area contributed by atoms with Gasteiger partial charge in [-0.25, -0.2) is 0 Å². The molecular formula is C9H13IO. The molecule has 0 N–H and O–H groups in total. The van der Waals surface area contributed by atoms with Crippen LogP contribution in [0, 0.1) is 17.8 Å². The van der Waals surface area contributed by atoms with Gasteiger partial charge in [0.1, 0.15) is 5.78 Å². The fourth-order valence-corrected chi connectivity index (χ4v) is 2.88. The van der Waals surface area contributed by atoms with Crippen molar-refractivity contribution in [3.8, 4) is 0 Å². The summed E-state index contributed by atoms with van der Waals surface area (Å²) < 4.78 is 14.9. The summed E-state index contributed by atoms with van der Waals surface area (Å²) >= 11 is 1.99. The monoisotopic (exact) mass is 266 g/mol. The van der Waals surface area contributed by atoms with Crippen LogP contribution in [0.2, 0.25) is 0 Å². The highest BCUT2D eigenvalue weighted by Crippen LogP contribution is 2.48. The number of carbonyl (C=O) groups excluding carboxylic acids is 1. The Labute approximate surface area is 83.9 Å². The molecule has 0 radical (unpaired) electrons. The van der Waals surface area contributed by atoms with Crippen LogP contribution in [0.5, 0.6) is 0 Å². The minimum Gasteiger partial charge on any atom is -0.299 e. The Hall–Kier alpha value is 0.400. The van der Waals surface area contributed by atoms with Crippen molar-refractivity contribution in [2.75, 3.05) is 4.40 Å². The smallest absolute Gasteiger partial charge is 0.136 e. The first-order valence-corrected chi connectivity index (χ1v) is 5.35. The number of rotatable bonds is 2. The van der Waals surface area contributed by atoms with Gasteiger partial charge in [0.15, 0.2) is 0 Å². The second-order valence-corrected chi connectivity index (χ2v) is 4.31. The SMILES string of the molecule is [2H]C(I)C([2H])[C@@H]1C[C@@H]2CC(=O)[C@@H]2C1. The molecule has 0 bridgehead atoms. The van der Waals surface area contributed by atoms with Crippen LogP contribution in [0.3, 0.4) is 0 Å². The van der Waals surface area contributed by atoms with Crippen LogP contribution in [0.4, 0.5) is 0 Å². The van der Waals surface area contributed by atoms with Crippen molar-refractivity contribution in [2.45, 2.75) is 25.7 Å². The highest BCUT2D eigenvalue weighted by atomic mass is 127. The van der Waals surface area contributed by atoms with E-state index in [9.17, 15) is 4.79 Å². The standard InChI is InChI=1S/C9H13IO/c10-2-1-6-3-7-5-9(11)8(7)4-6/h6-8H,1-5H2/t6-,7-,8-/m1/s1/i1D,2D/t1?,2?,6-,7-,8-. The van der Waals surface area contributed by atoms with E-state index in [1.165, 1.54) is 0 Å². The van der Waals surface area contributed by atoms with Crippen molar-refractivity contribution in [3.05, 3.63) is 0 Å². The molecule has 0 spiro atoms. The Kier molecular flexibility index (Phi) is 1.64. The highest BCUT2D eigenvalue weighted by molar-refractivity contribution is 14.1. The molecule has 0 aromatic rings. The summed E-state index contributed by atoms with van der Waals surface area (Å²) in [5.41, 5.74) is 0. The molecule has 0 saturated heterocycles. The van der Waals surface area contributed by atoms with Crippen LogP contribution in [0.25, 0.3) is 0 Å². The number of alkyl halides is 1. The van der Waals surface area contributed by atoms with E-state index in [4.69, 9.17) is 2.74 Å². The normalized spacial score (nSPS) is 50.3. The van der Waals surface area contributed by atoms with Crippen molar-refractivity contribution in [1.82, 2.24) is 0 Å². The van der Waals surface area contributed by atoms with E-state index in [2.05, 4.69) is 0 Å². The number of ketones is 1. The highest BCUT2D eigenvalue weighted by Gasteiger charge is 2.46.